The second-order valence-electron chi connectivity index (χ2n) is 14.7. The Kier molecular flexibility index (Phi) is 12.7. The van der Waals surface area contributed by atoms with Gasteiger partial charge in [0, 0.05) is 24.5 Å². The monoisotopic (exact) mass is 702 g/mol. The molecule has 256 valence electrons. The minimum atomic E-state index is -4.90. The van der Waals surface area contributed by atoms with Crippen molar-refractivity contribution in [2.75, 3.05) is 13.2 Å². The van der Waals surface area contributed by atoms with Crippen molar-refractivity contribution in [3.63, 3.8) is 0 Å². The summed E-state index contributed by atoms with van der Waals surface area (Å²) < 4.78 is 89.3. The van der Waals surface area contributed by atoms with E-state index in [4.69, 9.17) is 17.8 Å². The highest BCUT2D eigenvalue weighted by Crippen LogP contribution is 2.47. The number of aryl methyl sites for hydroxylation is 1. The Bertz CT molecular complexity index is 1480. The Labute approximate surface area is 274 Å². The van der Waals surface area contributed by atoms with E-state index in [1.165, 1.54) is 6.07 Å². The summed E-state index contributed by atoms with van der Waals surface area (Å²) in [4.78, 5) is -2.18. The van der Waals surface area contributed by atoms with Crippen LogP contribution in [0.1, 0.15) is 66.0 Å². The molecule has 0 fully saturated rings. The molecule has 0 spiro atoms. The third-order valence-electron chi connectivity index (χ3n) is 9.17. The van der Waals surface area contributed by atoms with Gasteiger partial charge in [0.25, 0.3) is 20.2 Å². The third kappa shape index (κ3) is 9.57. The first-order chi connectivity index (χ1) is 20.3. The molecular formula is C32H54O9S2Si2. The average molecular weight is 703 g/mol. The van der Waals surface area contributed by atoms with Crippen LogP contribution in [0.2, 0.25) is 36.3 Å². The van der Waals surface area contributed by atoms with Gasteiger partial charge in [-0.25, -0.2) is 4.18 Å². The van der Waals surface area contributed by atoms with Gasteiger partial charge in [-0.1, -0.05) is 97.0 Å². The lowest BCUT2D eigenvalue weighted by Gasteiger charge is -2.46. The van der Waals surface area contributed by atoms with E-state index in [0.29, 0.717) is 5.56 Å². The Morgan fingerprint density at radius 3 is 1.80 bits per heavy atom. The summed E-state index contributed by atoms with van der Waals surface area (Å²) >= 11 is 0. The topological polar surface area (TPSA) is 125 Å². The first kappa shape index (κ1) is 39.8. The zero-order valence-corrected chi connectivity index (χ0v) is 32.6. The maximum atomic E-state index is 13.4. The molecule has 2 rings (SSSR count). The standard InChI is InChI=1S/C32H54O9S2Si2/c1-25-18-16-17-21-28(25)42(33,34)40-29(22-23-39-44(9,10)30(3,4)5)38-24-26(2)32(43(35,36)37,27-19-14-13-15-20-27)41-45(11,12)31(6,7)8/h13-21,26,29H,22-24H2,1-12H3,(H,35,36,37). The van der Waals surface area contributed by atoms with E-state index in [1.807, 2.05) is 33.9 Å². The molecule has 13 heteroatoms. The normalized spacial score (nSPS) is 16.6. The summed E-state index contributed by atoms with van der Waals surface area (Å²) in [5.41, 5.74) is 0.763. The molecule has 1 N–H and O–H groups in total. The fraction of sp³-hybridized carbons (Fsp3) is 0.625. The highest BCUT2D eigenvalue weighted by atomic mass is 32.2. The summed E-state index contributed by atoms with van der Waals surface area (Å²) in [5, 5.41) is -0.468. The van der Waals surface area contributed by atoms with E-state index in [2.05, 4.69) is 33.9 Å². The molecule has 0 aromatic heterocycles. The first-order valence-electron chi connectivity index (χ1n) is 15.3. The number of hydrogen-bond donors (Lipinski definition) is 1. The SMILES string of the molecule is Cc1ccccc1S(=O)(=O)OC(CCO[Si](C)(C)C(C)(C)C)OCC(C)C(O[Si](C)(C)C(C)(C)C)(c1ccccc1)S(=O)(=O)O. The Morgan fingerprint density at radius 2 is 1.31 bits per heavy atom. The molecule has 3 unspecified atom stereocenters. The van der Waals surface area contributed by atoms with Crippen LogP contribution < -0.4 is 0 Å². The highest BCUT2D eigenvalue weighted by molar-refractivity contribution is 7.87. The van der Waals surface area contributed by atoms with Gasteiger partial charge in [-0.3, -0.25) is 4.55 Å². The van der Waals surface area contributed by atoms with E-state index in [0.717, 1.165) is 0 Å². The summed E-state index contributed by atoms with van der Waals surface area (Å²) in [5.74, 6) is -0.988. The van der Waals surface area contributed by atoms with Gasteiger partial charge in [0.05, 0.1) is 11.5 Å². The molecular weight excluding hydrogens is 649 g/mol. The molecule has 3 atom stereocenters. The van der Waals surface area contributed by atoms with Crippen LogP contribution >= 0.6 is 0 Å². The Balaban J connectivity index is 2.53. The molecule has 9 nitrogen and oxygen atoms in total. The smallest absolute Gasteiger partial charge is 0.299 e. The molecule has 0 bridgehead atoms. The molecule has 0 saturated carbocycles. The van der Waals surface area contributed by atoms with Crippen molar-refractivity contribution in [1.29, 1.82) is 0 Å². The molecule has 0 amide bonds. The van der Waals surface area contributed by atoms with Crippen LogP contribution in [0.15, 0.2) is 59.5 Å². The second kappa shape index (κ2) is 14.4. The lowest BCUT2D eigenvalue weighted by molar-refractivity contribution is -0.111. The van der Waals surface area contributed by atoms with Crippen LogP contribution in [0, 0.1) is 12.8 Å². The fourth-order valence-corrected chi connectivity index (χ4v) is 10.0. The summed E-state index contributed by atoms with van der Waals surface area (Å²) in [6, 6.07) is 14.8. The van der Waals surface area contributed by atoms with E-state index in [-0.39, 0.29) is 35.1 Å². The van der Waals surface area contributed by atoms with E-state index in [9.17, 15) is 21.4 Å². The minimum absolute atomic E-state index is 0.00907. The van der Waals surface area contributed by atoms with Crippen molar-refractivity contribution < 1.29 is 39.2 Å². The van der Waals surface area contributed by atoms with Gasteiger partial charge in [0.15, 0.2) is 22.9 Å². The van der Waals surface area contributed by atoms with Gasteiger partial charge in [-0.2, -0.15) is 16.8 Å². The zero-order valence-electron chi connectivity index (χ0n) is 29.0. The van der Waals surface area contributed by atoms with E-state index >= 15 is 0 Å². The molecule has 0 saturated heterocycles. The van der Waals surface area contributed by atoms with Crippen LogP contribution in [-0.2, 0) is 42.9 Å². The van der Waals surface area contributed by atoms with Crippen molar-refractivity contribution in [3.05, 3.63) is 65.7 Å². The molecule has 0 aliphatic rings. The Morgan fingerprint density at radius 1 is 0.800 bits per heavy atom. The van der Waals surface area contributed by atoms with Gasteiger partial charge in [-0.05, 0) is 54.8 Å². The van der Waals surface area contributed by atoms with Gasteiger partial charge in [-0.15, -0.1) is 0 Å². The summed E-state index contributed by atoms with van der Waals surface area (Å²) in [6.45, 7) is 23.4. The number of rotatable bonds is 15. The minimum Gasteiger partial charge on any atom is -0.417 e. The molecule has 0 aliphatic heterocycles. The lowest BCUT2D eigenvalue weighted by atomic mass is 9.97. The quantitative estimate of drug-likeness (QED) is 0.0855. The van der Waals surface area contributed by atoms with Crippen molar-refractivity contribution in [3.8, 4) is 0 Å². The van der Waals surface area contributed by atoms with Gasteiger partial charge in [0.1, 0.15) is 0 Å². The van der Waals surface area contributed by atoms with E-state index in [1.54, 1.807) is 62.4 Å². The number of hydrogen-bond acceptors (Lipinski definition) is 8. The molecule has 0 aliphatic carbocycles. The maximum absolute atomic E-state index is 13.4. The molecule has 45 heavy (non-hydrogen) atoms. The van der Waals surface area contributed by atoms with Gasteiger partial charge >= 0.3 is 0 Å². The number of benzene rings is 2. The highest BCUT2D eigenvalue weighted by Gasteiger charge is 2.56. The predicted molar refractivity (Wildman–Crippen MR) is 184 cm³/mol. The predicted octanol–water partition coefficient (Wildman–Crippen LogP) is 7.85. The van der Waals surface area contributed by atoms with Crippen LogP contribution in [0.4, 0.5) is 0 Å². The third-order valence-corrected chi connectivity index (χ3v) is 21.3. The van der Waals surface area contributed by atoms with Gasteiger partial charge < -0.3 is 13.6 Å². The van der Waals surface area contributed by atoms with Crippen LogP contribution in [0.3, 0.4) is 0 Å². The molecule has 0 heterocycles. The lowest BCUT2D eigenvalue weighted by Crippen LogP contribution is -2.55. The van der Waals surface area contributed by atoms with Crippen molar-refractivity contribution in [2.24, 2.45) is 5.92 Å². The first-order valence-corrected chi connectivity index (χ1v) is 23.9. The zero-order chi connectivity index (χ0) is 34.7. The molecule has 0 radical (unpaired) electrons. The van der Waals surface area contributed by atoms with Gasteiger partial charge in [0.2, 0.25) is 4.93 Å². The summed E-state index contributed by atoms with van der Waals surface area (Å²) in [7, 11) is -14.2. The fourth-order valence-electron chi connectivity index (χ4n) is 4.28. The number of ether oxygens (including phenoxy) is 1. The van der Waals surface area contributed by atoms with Crippen molar-refractivity contribution in [1.82, 2.24) is 0 Å². The molecule has 2 aromatic rings. The van der Waals surface area contributed by atoms with Crippen LogP contribution in [-0.4, -0.2) is 57.5 Å². The molecule has 2 aromatic carbocycles. The van der Waals surface area contributed by atoms with Crippen LogP contribution in [0.5, 0.6) is 0 Å². The Hall–Kier alpha value is -1.43. The largest absolute Gasteiger partial charge is 0.417 e. The van der Waals surface area contributed by atoms with Crippen LogP contribution in [0.25, 0.3) is 0 Å². The average Bonchev–Trinajstić information content (AvgIpc) is 2.88. The maximum Gasteiger partial charge on any atom is 0.299 e. The van der Waals surface area contributed by atoms with Crippen molar-refractivity contribution in [2.45, 2.75) is 114 Å². The van der Waals surface area contributed by atoms with E-state index < -0.39 is 59.1 Å². The van der Waals surface area contributed by atoms with Crippen molar-refractivity contribution >= 4 is 36.9 Å². The second-order valence-corrected chi connectivity index (χ2v) is 27.4. The summed E-state index contributed by atoms with van der Waals surface area (Å²) in [6.07, 6.45) is -1.23.